The van der Waals surface area contributed by atoms with E-state index in [1.807, 2.05) is 12.1 Å². The summed E-state index contributed by atoms with van der Waals surface area (Å²) in [4.78, 5) is 0. The van der Waals surface area contributed by atoms with Gasteiger partial charge in [0.2, 0.25) is 0 Å². The highest BCUT2D eigenvalue weighted by molar-refractivity contribution is 5.51. The Morgan fingerprint density at radius 3 is 2.75 bits per heavy atom. The van der Waals surface area contributed by atoms with Crippen LogP contribution in [0.2, 0.25) is 0 Å². The normalized spacial score (nSPS) is 13.1. The third-order valence-electron chi connectivity index (χ3n) is 3.87. The minimum absolute atomic E-state index is 0.262. The van der Waals surface area contributed by atoms with Crippen LogP contribution in [0.15, 0.2) is 36.4 Å². The van der Waals surface area contributed by atoms with E-state index in [-0.39, 0.29) is 5.75 Å². The van der Waals surface area contributed by atoms with Crippen LogP contribution in [0, 0.1) is 0 Å². The molecule has 2 aromatic carbocycles. The van der Waals surface area contributed by atoms with E-state index in [0.29, 0.717) is 12.3 Å². The van der Waals surface area contributed by atoms with Crippen molar-refractivity contribution in [3.63, 3.8) is 0 Å². The predicted octanol–water partition coefficient (Wildman–Crippen LogP) is 3.50. The van der Waals surface area contributed by atoms with Gasteiger partial charge in [-0.15, -0.1) is 0 Å². The number of fused-ring (bicyclic) bond motifs is 1. The number of phenolic OH excluding ortho intramolecular Hbond substituents is 1. The molecule has 2 N–H and O–H groups in total. The summed E-state index contributed by atoms with van der Waals surface area (Å²) in [5.74, 6) is 0.932. The van der Waals surface area contributed by atoms with Crippen LogP contribution in [-0.4, -0.2) is 12.2 Å². The number of phenols is 1. The van der Waals surface area contributed by atoms with Crippen LogP contribution in [0.1, 0.15) is 23.1 Å². The van der Waals surface area contributed by atoms with Gasteiger partial charge < -0.3 is 15.2 Å². The molecule has 3 rings (SSSR count). The number of benzene rings is 2. The summed E-state index contributed by atoms with van der Waals surface area (Å²) in [6.07, 6.45) is 3.64. The summed E-state index contributed by atoms with van der Waals surface area (Å²) in [6.45, 7) is 0.606. The molecule has 1 aliphatic carbocycles. The van der Waals surface area contributed by atoms with Crippen molar-refractivity contribution in [3.05, 3.63) is 53.1 Å². The molecule has 0 radical (unpaired) electrons. The first-order valence-electron chi connectivity index (χ1n) is 6.98. The maximum atomic E-state index is 9.94. The van der Waals surface area contributed by atoms with Gasteiger partial charge in [-0.25, -0.2) is 0 Å². The van der Waals surface area contributed by atoms with E-state index in [1.54, 1.807) is 13.2 Å². The molecule has 0 unspecified atom stereocenters. The molecule has 0 spiro atoms. The van der Waals surface area contributed by atoms with Crippen molar-refractivity contribution in [1.29, 1.82) is 0 Å². The standard InChI is InChI=1S/C17H19NO2/c1-20-16-8-6-14(17(19)10-16)11-18-15-7-5-12-3-2-4-13(12)9-15/h5-10,18-19H,2-4,11H2,1H3. The number of anilines is 1. The molecular weight excluding hydrogens is 250 g/mol. The lowest BCUT2D eigenvalue weighted by atomic mass is 10.1. The van der Waals surface area contributed by atoms with E-state index >= 15 is 0 Å². The number of nitrogens with one attached hydrogen (secondary N) is 1. The molecule has 0 atom stereocenters. The number of aromatic hydroxyl groups is 1. The Kier molecular flexibility index (Phi) is 3.50. The fourth-order valence-electron chi connectivity index (χ4n) is 2.70. The molecular formula is C17H19NO2. The molecule has 0 bridgehead atoms. The molecule has 0 heterocycles. The Labute approximate surface area is 119 Å². The molecule has 3 heteroatoms. The van der Waals surface area contributed by atoms with Crippen molar-refractivity contribution < 1.29 is 9.84 Å². The molecule has 0 saturated heterocycles. The van der Waals surface area contributed by atoms with Crippen LogP contribution >= 0.6 is 0 Å². The summed E-state index contributed by atoms with van der Waals surface area (Å²) in [6, 6.07) is 11.9. The van der Waals surface area contributed by atoms with E-state index in [1.165, 1.54) is 30.4 Å². The zero-order chi connectivity index (χ0) is 13.9. The van der Waals surface area contributed by atoms with Gasteiger partial charge in [-0.05, 0) is 54.7 Å². The molecule has 0 aromatic heterocycles. The highest BCUT2D eigenvalue weighted by Crippen LogP contribution is 2.27. The Morgan fingerprint density at radius 1 is 1.10 bits per heavy atom. The van der Waals surface area contributed by atoms with Gasteiger partial charge in [0.05, 0.1) is 7.11 Å². The van der Waals surface area contributed by atoms with Gasteiger partial charge in [-0.2, -0.15) is 0 Å². The van der Waals surface area contributed by atoms with E-state index in [0.717, 1.165) is 11.3 Å². The van der Waals surface area contributed by atoms with Crippen molar-refractivity contribution in [2.24, 2.45) is 0 Å². The van der Waals surface area contributed by atoms with Crippen molar-refractivity contribution in [3.8, 4) is 11.5 Å². The maximum Gasteiger partial charge on any atom is 0.124 e. The molecule has 20 heavy (non-hydrogen) atoms. The first kappa shape index (κ1) is 12.9. The molecule has 0 amide bonds. The number of rotatable bonds is 4. The number of hydrogen-bond acceptors (Lipinski definition) is 3. The number of methoxy groups -OCH3 is 1. The predicted molar refractivity (Wildman–Crippen MR) is 80.5 cm³/mol. The first-order valence-corrected chi connectivity index (χ1v) is 6.98. The van der Waals surface area contributed by atoms with Crippen LogP contribution in [0.5, 0.6) is 11.5 Å². The van der Waals surface area contributed by atoms with Gasteiger partial charge >= 0.3 is 0 Å². The average molecular weight is 269 g/mol. The van der Waals surface area contributed by atoms with Gasteiger partial charge in [0.1, 0.15) is 11.5 Å². The number of ether oxygens (including phenoxy) is 1. The molecule has 0 aliphatic heterocycles. The quantitative estimate of drug-likeness (QED) is 0.892. The molecule has 104 valence electrons. The van der Waals surface area contributed by atoms with Crippen molar-refractivity contribution in [2.75, 3.05) is 12.4 Å². The van der Waals surface area contributed by atoms with E-state index in [4.69, 9.17) is 4.74 Å². The summed E-state index contributed by atoms with van der Waals surface area (Å²) >= 11 is 0. The largest absolute Gasteiger partial charge is 0.507 e. The third-order valence-corrected chi connectivity index (χ3v) is 3.87. The van der Waals surface area contributed by atoms with E-state index in [9.17, 15) is 5.11 Å². The molecule has 2 aromatic rings. The average Bonchev–Trinajstić information content (AvgIpc) is 2.93. The van der Waals surface area contributed by atoms with Crippen LogP contribution in [0.25, 0.3) is 0 Å². The molecule has 0 saturated carbocycles. The minimum Gasteiger partial charge on any atom is -0.507 e. The highest BCUT2D eigenvalue weighted by atomic mass is 16.5. The van der Waals surface area contributed by atoms with E-state index in [2.05, 4.69) is 23.5 Å². The SMILES string of the molecule is COc1ccc(CNc2ccc3c(c2)CCC3)c(O)c1. The van der Waals surface area contributed by atoms with Crippen LogP contribution in [-0.2, 0) is 19.4 Å². The summed E-state index contributed by atoms with van der Waals surface area (Å²) in [5, 5.41) is 13.3. The third kappa shape index (κ3) is 2.57. The fraction of sp³-hybridized carbons (Fsp3) is 0.294. The number of aryl methyl sites for hydroxylation is 2. The number of hydrogen-bond donors (Lipinski definition) is 2. The second kappa shape index (κ2) is 5.45. The van der Waals surface area contributed by atoms with Crippen LogP contribution in [0.3, 0.4) is 0 Å². The lowest BCUT2D eigenvalue weighted by Gasteiger charge is -2.10. The van der Waals surface area contributed by atoms with Gasteiger partial charge in [-0.3, -0.25) is 0 Å². The monoisotopic (exact) mass is 269 g/mol. The summed E-state index contributed by atoms with van der Waals surface area (Å²) < 4.78 is 5.08. The van der Waals surface area contributed by atoms with Gasteiger partial charge in [-0.1, -0.05) is 6.07 Å². The summed E-state index contributed by atoms with van der Waals surface area (Å²) in [5.41, 5.74) is 4.91. The lowest BCUT2D eigenvalue weighted by Crippen LogP contribution is -2.00. The topological polar surface area (TPSA) is 41.5 Å². The Hall–Kier alpha value is -2.16. The van der Waals surface area contributed by atoms with Gasteiger partial charge in [0, 0.05) is 23.9 Å². The van der Waals surface area contributed by atoms with Crippen LogP contribution < -0.4 is 10.1 Å². The minimum atomic E-state index is 0.262. The highest BCUT2D eigenvalue weighted by Gasteiger charge is 2.10. The zero-order valence-electron chi connectivity index (χ0n) is 11.6. The van der Waals surface area contributed by atoms with Crippen molar-refractivity contribution in [2.45, 2.75) is 25.8 Å². The molecule has 0 fully saturated rings. The zero-order valence-corrected chi connectivity index (χ0v) is 11.6. The summed E-state index contributed by atoms with van der Waals surface area (Å²) in [7, 11) is 1.59. The van der Waals surface area contributed by atoms with Gasteiger partial charge in [0.25, 0.3) is 0 Å². The lowest BCUT2D eigenvalue weighted by molar-refractivity contribution is 0.406. The van der Waals surface area contributed by atoms with E-state index < -0.39 is 0 Å². The first-order chi connectivity index (χ1) is 9.76. The Morgan fingerprint density at radius 2 is 1.95 bits per heavy atom. The molecule has 3 nitrogen and oxygen atoms in total. The second-order valence-electron chi connectivity index (χ2n) is 5.19. The maximum absolute atomic E-state index is 9.94. The molecule has 1 aliphatic rings. The fourth-order valence-corrected chi connectivity index (χ4v) is 2.70. The van der Waals surface area contributed by atoms with Gasteiger partial charge in [0.15, 0.2) is 0 Å². The van der Waals surface area contributed by atoms with Crippen molar-refractivity contribution in [1.82, 2.24) is 0 Å². The second-order valence-corrected chi connectivity index (χ2v) is 5.19. The Bertz CT molecular complexity index is 622. The van der Waals surface area contributed by atoms with Crippen LogP contribution in [0.4, 0.5) is 5.69 Å². The van der Waals surface area contributed by atoms with Crippen molar-refractivity contribution >= 4 is 5.69 Å². The smallest absolute Gasteiger partial charge is 0.124 e. The Balaban J connectivity index is 1.70.